The van der Waals surface area contributed by atoms with Gasteiger partial charge in [-0.15, -0.1) is 0 Å². The van der Waals surface area contributed by atoms with E-state index in [1.54, 1.807) is 11.8 Å². The highest BCUT2D eigenvalue weighted by atomic mass is 32.2. The van der Waals surface area contributed by atoms with Gasteiger partial charge < -0.3 is 5.32 Å². The SMILES string of the molecule is CSC1(CNC(=O)c2cc([N+](=O)[O-])cc(C)c2F)CCC1. The van der Waals surface area contributed by atoms with Crippen molar-refractivity contribution in [2.45, 2.75) is 30.9 Å². The molecule has 0 atom stereocenters. The van der Waals surface area contributed by atoms with Gasteiger partial charge in [-0.05, 0) is 31.6 Å². The van der Waals surface area contributed by atoms with Gasteiger partial charge in [0, 0.05) is 23.4 Å². The van der Waals surface area contributed by atoms with Crippen molar-refractivity contribution < 1.29 is 14.1 Å². The van der Waals surface area contributed by atoms with Crippen LogP contribution >= 0.6 is 11.8 Å². The Kier molecular flexibility index (Phi) is 4.51. The van der Waals surface area contributed by atoms with Gasteiger partial charge in [0.25, 0.3) is 11.6 Å². The van der Waals surface area contributed by atoms with Crippen molar-refractivity contribution in [1.29, 1.82) is 0 Å². The largest absolute Gasteiger partial charge is 0.351 e. The van der Waals surface area contributed by atoms with Crippen LogP contribution in [0.25, 0.3) is 0 Å². The quantitative estimate of drug-likeness (QED) is 0.670. The second-order valence-corrected chi connectivity index (χ2v) is 6.58. The lowest BCUT2D eigenvalue weighted by Gasteiger charge is -2.40. The summed E-state index contributed by atoms with van der Waals surface area (Å²) in [7, 11) is 0. The van der Waals surface area contributed by atoms with Crippen LogP contribution in [0.4, 0.5) is 10.1 Å². The van der Waals surface area contributed by atoms with Crippen LogP contribution < -0.4 is 5.32 Å². The average molecular weight is 312 g/mol. The van der Waals surface area contributed by atoms with Crippen molar-refractivity contribution in [3.8, 4) is 0 Å². The summed E-state index contributed by atoms with van der Waals surface area (Å²) in [6.07, 6.45) is 5.15. The molecule has 1 saturated carbocycles. The minimum Gasteiger partial charge on any atom is -0.351 e. The average Bonchev–Trinajstić information content (AvgIpc) is 2.40. The molecule has 0 radical (unpaired) electrons. The number of nitrogens with zero attached hydrogens (tertiary/aromatic N) is 1. The monoisotopic (exact) mass is 312 g/mol. The van der Waals surface area contributed by atoms with E-state index >= 15 is 0 Å². The zero-order valence-electron chi connectivity index (χ0n) is 11.9. The third kappa shape index (κ3) is 3.18. The molecule has 1 aliphatic rings. The van der Waals surface area contributed by atoms with Gasteiger partial charge in [-0.1, -0.05) is 6.42 Å². The normalized spacial score (nSPS) is 16.1. The number of hydrogen-bond donors (Lipinski definition) is 1. The molecule has 0 bridgehead atoms. The highest BCUT2D eigenvalue weighted by Crippen LogP contribution is 2.42. The molecule has 2 rings (SSSR count). The molecule has 1 aromatic carbocycles. The molecule has 1 N–H and O–H groups in total. The Morgan fingerprint density at radius 1 is 1.52 bits per heavy atom. The van der Waals surface area contributed by atoms with E-state index in [0.29, 0.717) is 6.54 Å². The smallest absolute Gasteiger partial charge is 0.270 e. The molecule has 1 fully saturated rings. The predicted octanol–water partition coefficient (Wildman–Crippen LogP) is 3.06. The van der Waals surface area contributed by atoms with Crippen molar-refractivity contribution in [1.82, 2.24) is 5.32 Å². The summed E-state index contributed by atoms with van der Waals surface area (Å²) in [6.45, 7) is 1.86. The molecular formula is C14H17FN2O3S. The van der Waals surface area contributed by atoms with Gasteiger partial charge >= 0.3 is 0 Å². The molecule has 0 aliphatic heterocycles. The molecule has 21 heavy (non-hydrogen) atoms. The number of nitro benzene ring substituents is 1. The molecule has 114 valence electrons. The first-order valence-electron chi connectivity index (χ1n) is 6.66. The van der Waals surface area contributed by atoms with E-state index in [4.69, 9.17) is 0 Å². The maximum Gasteiger partial charge on any atom is 0.270 e. The second kappa shape index (κ2) is 6.01. The fraction of sp³-hybridized carbons (Fsp3) is 0.500. The van der Waals surface area contributed by atoms with E-state index in [1.165, 1.54) is 6.92 Å². The molecule has 0 spiro atoms. The van der Waals surface area contributed by atoms with Crippen LogP contribution in [-0.2, 0) is 0 Å². The number of hydrogen-bond acceptors (Lipinski definition) is 4. The van der Waals surface area contributed by atoms with Gasteiger partial charge in [0.2, 0.25) is 0 Å². The number of halogens is 1. The summed E-state index contributed by atoms with van der Waals surface area (Å²) < 4.78 is 14.0. The zero-order valence-corrected chi connectivity index (χ0v) is 12.8. The molecular weight excluding hydrogens is 295 g/mol. The number of non-ortho nitro benzene ring substituents is 1. The number of benzene rings is 1. The van der Waals surface area contributed by atoms with E-state index in [-0.39, 0.29) is 21.6 Å². The van der Waals surface area contributed by atoms with Crippen LogP contribution in [0.3, 0.4) is 0 Å². The van der Waals surface area contributed by atoms with Gasteiger partial charge in [0.1, 0.15) is 5.82 Å². The maximum atomic E-state index is 14.0. The van der Waals surface area contributed by atoms with Crippen LogP contribution in [0.2, 0.25) is 0 Å². The Hall–Kier alpha value is -1.63. The zero-order chi connectivity index (χ0) is 15.6. The molecule has 1 amide bonds. The summed E-state index contributed by atoms with van der Waals surface area (Å²) in [5, 5.41) is 13.5. The van der Waals surface area contributed by atoms with Crippen molar-refractivity contribution in [3.05, 3.63) is 39.2 Å². The van der Waals surface area contributed by atoms with Gasteiger partial charge in [-0.2, -0.15) is 11.8 Å². The summed E-state index contributed by atoms with van der Waals surface area (Å²) in [5.41, 5.74) is -0.447. The van der Waals surface area contributed by atoms with Crippen LogP contribution in [0.15, 0.2) is 12.1 Å². The van der Waals surface area contributed by atoms with Gasteiger partial charge in [-0.25, -0.2) is 4.39 Å². The highest BCUT2D eigenvalue weighted by molar-refractivity contribution is 8.00. The lowest BCUT2D eigenvalue weighted by molar-refractivity contribution is -0.385. The number of nitrogens with one attached hydrogen (secondary N) is 1. The Morgan fingerprint density at radius 3 is 2.67 bits per heavy atom. The fourth-order valence-electron chi connectivity index (χ4n) is 2.38. The third-order valence-electron chi connectivity index (χ3n) is 3.96. The number of amides is 1. The molecule has 5 nitrogen and oxygen atoms in total. The first kappa shape index (κ1) is 15.8. The lowest BCUT2D eigenvalue weighted by atomic mass is 9.84. The summed E-state index contributed by atoms with van der Waals surface area (Å²) in [5.74, 6) is -1.30. The molecule has 1 aliphatic carbocycles. The van der Waals surface area contributed by atoms with Gasteiger partial charge in [0.15, 0.2) is 0 Å². The maximum absolute atomic E-state index is 14.0. The number of thioether (sulfide) groups is 1. The minimum absolute atomic E-state index is 0.0297. The van der Waals surface area contributed by atoms with E-state index in [9.17, 15) is 19.3 Å². The van der Waals surface area contributed by atoms with Crippen molar-refractivity contribution >= 4 is 23.4 Å². The Balaban J connectivity index is 2.17. The third-order valence-corrected chi connectivity index (χ3v) is 5.38. The molecule has 0 aromatic heterocycles. The molecule has 0 saturated heterocycles. The van der Waals surface area contributed by atoms with Crippen molar-refractivity contribution in [2.75, 3.05) is 12.8 Å². The minimum atomic E-state index is -0.704. The standard InChI is InChI=1S/C14H17FN2O3S/c1-9-6-10(17(19)20)7-11(12(9)15)13(18)16-8-14(21-2)4-3-5-14/h6-7H,3-5,8H2,1-2H3,(H,16,18). The first-order chi connectivity index (χ1) is 9.88. The van der Waals surface area contributed by atoms with Gasteiger partial charge in [0.05, 0.1) is 10.5 Å². The van der Waals surface area contributed by atoms with E-state index < -0.39 is 16.6 Å². The summed E-state index contributed by atoms with van der Waals surface area (Å²) >= 11 is 1.69. The van der Waals surface area contributed by atoms with Crippen LogP contribution in [0.1, 0.15) is 35.2 Å². The Morgan fingerprint density at radius 2 is 2.19 bits per heavy atom. The number of nitro groups is 1. The number of aryl methyl sites for hydroxylation is 1. The van der Waals surface area contributed by atoms with E-state index in [1.807, 2.05) is 6.26 Å². The Labute approximate surface area is 126 Å². The fourth-order valence-corrected chi connectivity index (χ4v) is 3.30. The summed E-state index contributed by atoms with van der Waals surface area (Å²) in [6, 6.07) is 2.12. The highest BCUT2D eigenvalue weighted by Gasteiger charge is 2.36. The number of rotatable bonds is 5. The summed E-state index contributed by atoms with van der Waals surface area (Å²) in [4.78, 5) is 22.3. The predicted molar refractivity (Wildman–Crippen MR) is 80.2 cm³/mol. The van der Waals surface area contributed by atoms with Crippen LogP contribution in [-0.4, -0.2) is 28.4 Å². The number of carbonyl (C=O) groups excluding carboxylic acids is 1. The molecule has 1 aromatic rings. The molecule has 0 unspecified atom stereocenters. The topological polar surface area (TPSA) is 72.2 Å². The number of carbonyl (C=O) groups is 1. The second-order valence-electron chi connectivity index (χ2n) is 5.30. The molecule has 7 heteroatoms. The van der Waals surface area contributed by atoms with E-state index in [0.717, 1.165) is 31.4 Å². The van der Waals surface area contributed by atoms with Gasteiger partial charge in [-0.3, -0.25) is 14.9 Å². The van der Waals surface area contributed by atoms with Crippen LogP contribution in [0, 0.1) is 22.9 Å². The lowest BCUT2D eigenvalue weighted by Crippen LogP contribution is -2.45. The van der Waals surface area contributed by atoms with E-state index in [2.05, 4.69) is 5.32 Å². The molecule has 0 heterocycles. The van der Waals surface area contributed by atoms with Crippen molar-refractivity contribution in [3.63, 3.8) is 0 Å². The van der Waals surface area contributed by atoms with Crippen LogP contribution in [0.5, 0.6) is 0 Å². The Bertz CT molecular complexity index is 582. The van der Waals surface area contributed by atoms with Crippen molar-refractivity contribution in [2.24, 2.45) is 0 Å². The first-order valence-corrected chi connectivity index (χ1v) is 7.89.